The molecule has 2 aromatic heterocycles. The molecular formula is C19H22N4O3. The van der Waals surface area contributed by atoms with Crippen molar-refractivity contribution in [3.63, 3.8) is 0 Å². The number of furan rings is 1. The Bertz CT molecular complexity index is 823. The fourth-order valence-electron chi connectivity index (χ4n) is 2.50. The smallest absolute Gasteiger partial charge is 0.238 e. The summed E-state index contributed by atoms with van der Waals surface area (Å²) in [6.45, 7) is 1.40. The van der Waals surface area contributed by atoms with E-state index in [1.54, 1.807) is 18.4 Å². The number of benzene rings is 1. The summed E-state index contributed by atoms with van der Waals surface area (Å²) < 4.78 is 10.3. The van der Waals surface area contributed by atoms with Crippen LogP contribution in [0.3, 0.4) is 0 Å². The van der Waals surface area contributed by atoms with Crippen LogP contribution in [0.5, 0.6) is 0 Å². The molecule has 0 radical (unpaired) electrons. The number of nitrogens with one attached hydrogen (secondary N) is 1. The van der Waals surface area contributed by atoms with E-state index < -0.39 is 0 Å². The monoisotopic (exact) mass is 354 g/mol. The van der Waals surface area contributed by atoms with Crippen LogP contribution in [0.2, 0.25) is 0 Å². The summed E-state index contributed by atoms with van der Waals surface area (Å²) in [7, 11) is 4.07. The lowest BCUT2D eigenvalue weighted by Gasteiger charge is -2.10. The predicted octanol–water partition coefficient (Wildman–Crippen LogP) is 2.64. The molecule has 0 spiro atoms. The minimum absolute atomic E-state index is 0.0554. The minimum Gasteiger partial charge on any atom is -0.461 e. The zero-order chi connectivity index (χ0) is 18.4. The number of carbonyl (C=O) groups is 1. The van der Waals surface area contributed by atoms with Gasteiger partial charge in [0.2, 0.25) is 17.6 Å². The highest BCUT2D eigenvalue weighted by atomic mass is 16.5. The molecule has 0 aliphatic carbocycles. The van der Waals surface area contributed by atoms with Gasteiger partial charge in [-0.25, -0.2) is 0 Å². The standard InChI is InChI=1S/C19H22N4O3/c1-23(2)13-15-7-5-14(6-8-15)12-20-17(24)9-10-18-21-19(22-26-18)16-4-3-11-25-16/h3-8,11H,9-10,12-13H2,1-2H3,(H,20,24). The van der Waals surface area contributed by atoms with Crippen molar-refractivity contribution in [3.8, 4) is 11.6 Å². The molecule has 0 bridgehead atoms. The summed E-state index contributed by atoms with van der Waals surface area (Å²) in [5.41, 5.74) is 2.31. The largest absolute Gasteiger partial charge is 0.461 e. The highest BCUT2D eigenvalue weighted by molar-refractivity contribution is 5.76. The van der Waals surface area contributed by atoms with E-state index in [4.69, 9.17) is 8.94 Å². The lowest BCUT2D eigenvalue weighted by atomic mass is 10.1. The zero-order valence-corrected chi connectivity index (χ0v) is 14.9. The van der Waals surface area contributed by atoms with Gasteiger partial charge in [-0.3, -0.25) is 4.79 Å². The zero-order valence-electron chi connectivity index (χ0n) is 14.9. The number of hydrogen-bond donors (Lipinski definition) is 1. The summed E-state index contributed by atoms with van der Waals surface area (Å²) in [4.78, 5) is 18.3. The lowest BCUT2D eigenvalue weighted by Crippen LogP contribution is -2.23. The normalized spacial score (nSPS) is 11.0. The number of aromatic nitrogens is 2. The number of nitrogens with zero attached hydrogens (tertiary/aromatic N) is 3. The van der Waals surface area contributed by atoms with Crippen LogP contribution in [0.1, 0.15) is 23.4 Å². The van der Waals surface area contributed by atoms with E-state index in [1.807, 2.05) is 26.2 Å². The van der Waals surface area contributed by atoms with Gasteiger partial charge in [-0.15, -0.1) is 0 Å². The molecule has 0 unspecified atom stereocenters. The Morgan fingerprint density at radius 1 is 1.15 bits per heavy atom. The Labute approximate surface area is 152 Å². The molecule has 3 aromatic rings. The van der Waals surface area contributed by atoms with Crippen molar-refractivity contribution in [2.75, 3.05) is 14.1 Å². The molecule has 0 saturated heterocycles. The van der Waals surface area contributed by atoms with Crippen LogP contribution in [-0.4, -0.2) is 35.0 Å². The summed E-state index contributed by atoms with van der Waals surface area (Å²) in [5.74, 6) is 1.30. The summed E-state index contributed by atoms with van der Waals surface area (Å²) in [5, 5.41) is 6.75. The first-order chi connectivity index (χ1) is 12.6. The Morgan fingerprint density at radius 3 is 2.62 bits per heavy atom. The molecule has 7 nitrogen and oxygen atoms in total. The fourth-order valence-corrected chi connectivity index (χ4v) is 2.50. The molecule has 26 heavy (non-hydrogen) atoms. The van der Waals surface area contributed by atoms with Crippen molar-refractivity contribution in [2.45, 2.75) is 25.9 Å². The summed E-state index contributed by atoms with van der Waals surface area (Å²) in [6, 6.07) is 11.7. The predicted molar refractivity (Wildman–Crippen MR) is 96.0 cm³/mol. The number of amides is 1. The molecule has 3 rings (SSSR count). The summed E-state index contributed by atoms with van der Waals surface area (Å²) in [6.07, 6.45) is 2.23. The SMILES string of the molecule is CN(C)Cc1ccc(CNC(=O)CCc2nc(-c3ccco3)no2)cc1. The van der Waals surface area contributed by atoms with Crippen molar-refractivity contribution < 1.29 is 13.7 Å². The topological polar surface area (TPSA) is 84.4 Å². The van der Waals surface area contributed by atoms with Gasteiger partial charge >= 0.3 is 0 Å². The van der Waals surface area contributed by atoms with Crippen molar-refractivity contribution in [3.05, 3.63) is 59.7 Å². The first kappa shape index (κ1) is 17.9. The Kier molecular flexibility index (Phi) is 5.80. The first-order valence-electron chi connectivity index (χ1n) is 8.46. The average molecular weight is 354 g/mol. The van der Waals surface area contributed by atoms with Gasteiger partial charge in [-0.2, -0.15) is 4.98 Å². The number of carbonyl (C=O) groups excluding carboxylic acids is 1. The molecule has 1 aromatic carbocycles. The van der Waals surface area contributed by atoms with Crippen molar-refractivity contribution in [1.82, 2.24) is 20.4 Å². The van der Waals surface area contributed by atoms with Crippen molar-refractivity contribution in [2.24, 2.45) is 0 Å². The molecule has 1 amide bonds. The second-order valence-corrected chi connectivity index (χ2v) is 6.32. The fraction of sp³-hybridized carbons (Fsp3) is 0.316. The van der Waals surface area contributed by atoms with Crippen molar-refractivity contribution in [1.29, 1.82) is 0 Å². The molecule has 0 aliphatic rings. The first-order valence-corrected chi connectivity index (χ1v) is 8.46. The van der Waals surface area contributed by atoms with Gasteiger partial charge in [-0.05, 0) is 37.4 Å². The Balaban J connectivity index is 1.43. The molecular weight excluding hydrogens is 332 g/mol. The van der Waals surface area contributed by atoms with E-state index in [9.17, 15) is 4.79 Å². The Morgan fingerprint density at radius 2 is 1.92 bits per heavy atom. The van der Waals surface area contributed by atoms with Crippen LogP contribution in [0.15, 0.2) is 51.6 Å². The van der Waals surface area contributed by atoms with Crippen LogP contribution in [-0.2, 0) is 24.3 Å². The molecule has 0 saturated carbocycles. The van der Waals surface area contributed by atoms with Crippen LogP contribution in [0.4, 0.5) is 0 Å². The molecule has 0 fully saturated rings. The number of rotatable bonds is 8. The van der Waals surface area contributed by atoms with Gasteiger partial charge in [0, 0.05) is 25.9 Å². The number of hydrogen-bond acceptors (Lipinski definition) is 6. The van der Waals surface area contributed by atoms with Crippen LogP contribution >= 0.6 is 0 Å². The molecule has 7 heteroatoms. The van der Waals surface area contributed by atoms with Gasteiger partial charge in [0.15, 0.2) is 5.76 Å². The van der Waals surface area contributed by atoms with E-state index in [1.165, 1.54) is 5.56 Å². The third-order valence-corrected chi connectivity index (χ3v) is 3.79. The van der Waals surface area contributed by atoms with Crippen molar-refractivity contribution >= 4 is 5.91 Å². The highest BCUT2D eigenvalue weighted by Crippen LogP contribution is 2.16. The molecule has 2 heterocycles. The van der Waals surface area contributed by atoms with Gasteiger partial charge in [0.25, 0.3) is 0 Å². The van der Waals surface area contributed by atoms with E-state index in [2.05, 4.69) is 32.5 Å². The van der Waals surface area contributed by atoms with Gasteiger partial charge in [-0.1, -0.05) is 29.4 Å². The summed E-state index contributed by atoms with van der Waals surface area (Å²) >= 11 is 0. The van der Waals surface area contributed by atoms with E-state index >= 15 is 0 Å². The average Bonchev–Trinajstić information content (AvgIpc) is 3.30. The van der Waals surface area contributed by atoms with E-state index in [0.29, 0.717) is 36.9 Å². The Hall–Kier alpha value is -2.93. The maximum atomic E-state index is 12.0. The van der Waals surface area contributed by atoms with Gasteiger partial charge < -0.3 is 19.2 Å². The number of aryl methyl sites for hydroxylation is 1. The van der Waals surface area contributed by atoms with Gasteiger partial charge in [0.05, 0.1) is 6.26 Å². The molecule has 1 N–H and O–H groups in total. The quantitative estimate of drug-likeness (QED) is 0.669. The van der Waals surface area contributed by atoms with Crippen LogP contribution < -0.4 is 5.32 Å². The molecule has 0 atom stereocenters. The maximum Gasteiger partial charge on any atom is 0.238 e. The van der Waals surface area contributed by atoms with Crippen LogP contribution in [0.25, 0.3) is 11.6 Å². The third-order valence-electron chi connectivity index (χ3n) is 3.79. The van der Waals surface area contributed by atoms with E-state index in [0.717, 1.165) is 12.1 Å². The molecule has 136 valence electrons. The molecule has 0 aliphatic heterocycles. The third kappa shape index (κ3) is 5.03. The van der Waals surface area contributed by atoms with Crippen LogP contribution in [0, 0.1) is 0 Å². The minimum atomic E-state index is -0.0554. The van der Waals surface area contributed by atoms with Gasteiger partial charge in [0.1, 0.15) is 0 Å². The second-order valence-electron chi connectivity index (χ2n) is 6.32. The van der Waals surface area contributed by atoms with E-state index in [-0.39, 0.29) is 5.91 Å². The lowest BCUT2D eigenvalue weighted by molar-refractivity contribution is -0.121. The maximum absolute atomic E-state index is 12.0. The highest BCUT2D eigenvalue weighted by Gasteiger charge is 2.12. The second kappa shape index (κ2) is 8.44.